The Morgan fingerprint density at radius 2 is 1.90 bits per heavy atom. The molecule has 1 aromatic carbocycles. The molecule has 8 nitrogen and oxygen atoms in total. The average Bonchev–Trinajstić information content (AvgIpc) is 2.64. The molecule has 2 amide bonds. The average molecular weight is 405 g/mol. The summed E-state index contributed by atoms with van der Waals surface area (Å²) in [5, 5.41) is 14.4. The van der Waals surface area contributed by atoms with Crippen LogP contribution in [0.15, 0.2) is 18.2 Å². The van der Waals surface area contributed by atoms with Crippen LogP contribution in [0.25, 0.3) is 0 Å². The number of likely N-dealkylation sites (tertiary alicyclic amines) is 1. The van der Waals surface area contributed by atoms with Gasteiger partial charge in [0.2, 0.25) is 5.91 Å². The first-order chi connectivity index (χ1) is 13.5. The summed E-state index contributed by atoms with van der Waals surface area (Å²) in [7, 11) is 4.02. The van der Waals surface area contributed by atoms with E-state index in [0.717, 1.165) is 6.54 Å². The molecule has 0 atom stereocenters. The van der Waals surface area contributed by atoms with E-state index in [1.165, 1.54) is 6.07 Å². The summed E-state index contributed by atoms with van der Waals surface area (Å²) < 4.78 is 0. The third-order valence-corrected chi connectivity index (χ3v) is 5.29. The molecule has 0 saturated carbocycles. The smallest absolute Gasteiger partial charge is 0.285 e. The summed E-state index contributed by atoms with van der Waals surface area (Å²) >= 11 is 0. The number of aryl methyl sites for hydroxylation is 1. The fourth-order valence-electron chi connectivity index (χ4n) is 3.97. The van der Waals surface area contributed by atoms with Gasteiger partial charge in [0.25, 0.3) is 11.6 Å². The van der Waals surface area contributed by atoms with Crippen LogP contribution in [0.4, 0.5) is 5.69 Å². The van der Waals surface area contributed by atoms with Crippen LogP contribution >= 0.6 is 0 Å². The number of hydrogen-bond donors (Lipinski definition) is 1. The number of carbonyl (C=O) groups excluding carboxylic acids is 2. The third-order valence-electron chi connectivity index (χ3n) is 5.29. The maximum absolute atomic E-state index is 12.8. The van der Waals surface area contributed by atoms with Crippen LogP contribution in [0.2, 0.25) is 0 Å². The number of piperidine rings is 1. The van der Waals surface area contributed by atoms with Crippen molar-refractivity contribution < 1.29 is 14.5 Å². The number of rotatable bonds is 7. The lowest BCUT2D eigenvalue weighted by Gasteiger charge is -2.33. The number of nitrogens with one attached hydrogen (secondary N) is 1. The first kappa shape index (κ1) is 22.8. The Bertz CT molecular complexity index is 768. The van der Waals surface area contributed by atoms with E-state index in [1.807, 2.05) is 14.1 Å². The van der Waals surface area contributed by atoms with Gasteiger partial charge in [0, 0.05) is 37.7 Å². The predicted octanol–water partition coefficient (Wildman–Crippen LogP) is 2.46. The van der Waals surface area contributed by atoms with Gasteiger partial charge in [-0.15, -0.1) is 0 Å². The summed E-state index contributed by atoms with van der Waals surface area (Å²) in [6.07, 6.45) is 1.12. The molecule has 0 spiro atoms. The zero-order valence-electron chi connectivity index (χ0n) is 18.0. The Morgan fingerprint density at radius 1 is 1.28 bits per heavy atom. The number of hydrogen-bond acceptors (Lipinski definition) is 5. The van der Waals surface area contributed by atoms with Gasteiger partial charge in [-0.25, -0.2) is 0 Å². The first-order valence-electron chi connectivity index (χ1n) is 9.97. The van der Waals surface area contributed by atoms with Crippen LogP contribution in [0, 0.1) is 28.4 Å². The number of nitro benzene ring substituents is 1. The van der Waals surface area contributed by atoms with E-state index in [9.17, 15) is 19.7 Å². The van der Waals surface area contributed by atoms with Gasteiger partial charge in [0.1, 0.15) is 5.56 Å². The Balaban J connectivity index is 1.94. The standard InChI is InChI=1S/C21H32N4O4/c1-15-7-6-8-17(18(15)25(28)29)20(27)24-11-9-16(10-12-24)19(26)22-13-21(2,3)14-23(4)5/h6-8,16H,9-14H2,1-5H3,(H,22,26). The number of para-hydroxylation sites is 1. The summed E-state index contributed by atoms with van der Waals surface area (Å²) in [5.74, 6) is -0.460. The highest BCUT2D eigenvalue weighted by Crippen LogP contribution is 2.27. The Hall–Kier alpha value is -2.48. The quantitative estimate of drug-likeness (QED) is 0.556. The summed E-state index contributed by atoms with van der Waals surface area (Å²) in [6, 6.07) is 4.79. The molecule has 29 heavy (non-hydrogen) atoms. The molecule has 1 aromatic rings. The van der Waals surface area contributed by atoms with Crippen LogP contribution in [0.5, 0.6) is 0 Å². The fourth-order valence-corrected chi connectivity index (χ4v) is 3.97. The van der Waals surface area contributed by atoms with E-state index in [1.54, 1.807) is 24.0 Å². The lowest BCUT2D eigenvalue weighted by Crippen LogP contribution is -2.46. The number of carbonyl (C=O) groups is 2. The van der Waals surface area contributed by atoms with Crippen molar-refractivity contribution in [3.63, 3.8) is 0 Å². The lowest BCUT2D eigenvalue weighted by atomic mass is 9.91. The van der Waals surface area contributed by atoms with Gasteiger partial charge in [-0.2, -0.15) is 0 Å². The topological polar surface area (TPSA) is 95.8 Å². The second-order valence-corrected chi connectivity index (χ2v) is 8.91. The zero-order chi connectivity index (χ0) is 21.8. The van der Waals surface area contributed by atoms with Crippen molar-refractivity contribution in [3.05, 3.63) is 39.4 Å². The molecule has 1 aliphatic heterocycles. The second kappa shape index (κ2) is 9.35. The van der Waals surface area contributed by atoms with Gasteiger partial charge >= 0.3 is 0 Å². The molecule has 2 rings (SSSR count). The highest BCUT2D eigenvalue weighted by molar-refractivity contribution is 5.98. The minimum Gasteiger partial charge on any atom is -0.355 e. The molecule has 1 fully saturated rings. The maximum Gasteiger partial charge on any atom is 0.285 e. The predicted molar refractivity (Wildman–Crippen MR) is 112 cm³/mol. The molecule has 0 aliphatic carbocycles. The molecule has 1 aliphatic rings. The van der Waals surface area contributed by atoms with Gasteiger partial charge in [0.05, 0.1) is 4.92 Å². The van der Waals surface area contributed by atoms with Crippen molar-refractivity contribution in [2.45, 2.75) is 33.6 Å². The third kappa shape index (κ3) is 6.00. The van der Waals surface area contributed by atoms with Crippen molar-refractivity contribution in [2.75, 3.05) is 40.3 Å². The highest BCUT2D eigenvalue weighted by atomic mass is 16.6. The fraction of sp³-hybridized carbons (Fsp3) is 0.619. The van der Waals surface area contributed by atoms with Crippen molar-refractivity contribution in [1.29, 1.82) is 0 Å². The molecular formula is C21H32N4O4. The van der Waals surface area contributed by atoms with Gasteiger partial charge < -0.3 is 15.1 Å². The van der Waals surface area contributed by atoms with Crippen LogP contribution in [0.3, 0.4) is 0 Å². The number of nitrogens with zero attached hydrogens (tertiary/aromatic N) is 3. The molecule has 8 heteroatoms. The highest BCUT2D eigenvalue weighted by Gasteiger charge is 2.32. The number of benzene rings is 1. The summed E-state index contributed by atoms with van der Waals surface area (Å²) in [4.78, 5) is 40.0. The lowest BCUT2D eigenvalue weighted by molar-refractivity contribution is -0.385. The van der Waals surface area contributed by atoms with Crippen LogP contribution < -0.4 is 5.32 Å². The van der Waals surface area contributed by atoms with Gasteiger partial charge in [-0.05, 0) is 45.3 Å². The molecular weight excluding hydrogens is 372 g/mol. The molecule has 0 bridgehead atoms. The SMILES string of the molecule is Cc1cccc(C(=O)N2CCC(C(=O)NCC(C)(C)CN(C)C)CC2)c1[N+](=O)[O-]. The first-order valence-corrected chi connectivity index (χ1v) is 9.97. The Morgan fingerprint density at radius 3 is 2.45 bits per heavy atom. The summed E-state index contributed by atoms with van der Waals surface area (Å²) in [5.41, 5.74) is 0.416. The molecule has 1 heterocycles. The monoisotopic (exact) mass is 404 g/mol. The van der Waals surface area contributed by atoms with Crippen molar-refractivity contribution in [2.24, 2.45) is 11.3 Å². The van der Waals surface area contributed by atoms with E-state index in [4.69, 9.17) is 0 Å². The van der Waals surface area contributed by atoms with E-state index >= 15 is 0 Å². The number of nitro groups is 1. The Labute approximate surface area is 172 Å². The molecule has 0 aromatic heterocycles. The zero-order valence-corrected chi connectivity index (χ0v) is 18.0. The van der Waals surface area contributed by atoms with Crippen LogP contribution in [-0.2, 0) is 4.79 Å². The van der Waals surface area contributed by atoms with Crippen molar-refractivity contribution >= 4 is 17.5 Å². The minimum atomic E-state index is -0.502. The second-order valence-electron chi connectivity index (χ2n) is 8.91. The molecule has 1 saturated heterocycles. The molecule has 160 valence electrons. The van der Waals surface area contributed by atoms with Gasteiger partial charge in [0.15, 0.2) is 0 Å². The van der Waals surface area contributed by atoms with Crippen LogP contribution in [0.1, 0.15) is 42.6 Å². The van der Waals surface area contributed by atoms with E-state index in [-0.39, 0.29) is 34.4 Å². The maximum atomic E-state index is 12.8. The van der Waals surface area contributed by atoms with Crippen molar-refractivity contribution in [3.8, 4) is 0 Å². The van der Waals surface area contributed by atoms with E-state index in [2.05, 4.69) is 24.1 Å². The van der Waals surface area contributed by atoms with Gasteiger partial charge in [-0.1, -0.05) is 26.0 Å². The van der Waals surface area contributed by atoms with Gasteiger partial charge in [-0.3, -0.25) is 19.7 Å². The van der Waals surface area contributed by atoms with E-state index in [0.29, 0.717) is 38.0 Å². The van der Waals surface area contributed by atoms with Crippen LogP contribution in [-0.4, -0.2) is 66.8 Å². The molecule has 1 N–H and O–H groups in total. The molecule has 0 radical (unpaired) electrons. The largest absolute Gasteiger partial charge is 0.355 e. The normalized spacial score (nSPS) is 15.4. The van der Waals surface area contributed by atoms with Crippen molar-refractivity contribution in [1.82, 2.24) is 15.1 Å². The Kier molecular flexibility index (Phi) is 7.35. The number of amides is 2. The molecule has 0 unspecified atom stereocenters. The van der Waals surface area contributed by atoms with E-state index < -0.39 is 4.92 Å². The summed E-state index contributed by atoms with van der Waals surface area (Å²) in [6.45, 7) is 8.16. The minimum absolute atomic E-state index is 0.0190.